The summed E-state index contributed by atoms with van der Waals surface area (Å²) in [6, 6.07) is 2.51. The van der Waals surface area contributed by atoms with E-state index in [0.717, 1.165) is 45.1 Å². The van der Waals surface area contributed by atoms with E-state index in [1.807, 2.05) is 19.9 Å². The van der Waals surface area contributed by atoms with E-state index >= 15 is 0 Å². The van der Waals surface area contributed by atoms with E-state index in [9.17, 15) is 0 Å². The average Bonchev–Trinajstić information content (AvgIpc) is 2.96. The molecule has 2 aliphatic rings. The summed E-state index contributed by atoms with van der Waals surface area (Å²) >= 11 is 0. The topological polar surface area (TPSA) is 70.8 Å². The first-order valence-electron chi connectivity index (χ1n) is 8.50. The molecule has 0 amide bonds. The van der Waals surface area contributed by atoms with Gasteiger partial charge in [0.1, 0.15) is 5.82 Å². The highest BCUT2D eigenvalue weighted by molar-refractivity contribution is 5.46. The second-order valence-electron chi connectivity index (χ2n) is 6.82. The zero-order valence-electron chi connectivity index (χ0n) is 14.4. The van der Waals surface area contributed by atoms with Gasteiger partial charge in [-0.2, -0.15) is 9.97 Å². The number of ether oxygens (including phenoxy) is 1. The maximum atomic E-state index is 5.85. The van der Waals surface area contributed by atoms with Crippen LogP contribution in [0.3, 0.4) is 0 Å². The fraction of sp³-hybridized carbons (Fsp3) is 0.750. The Hall–Kier alpha value is -1.60. The van der Waals surface area contributed by atoms with Gasteiger partial charge in [-0.05, 0) is 27.3 Å². The molecule has 1 aromatic rings. The normalized spacial score (nSPS) is 23.7. The second-order valence-corrected chi connectivity index (χ2v) is 6.82. The third-order valence-electron chi connectivity index (χ3n) is 4.60. The molecule has 0 saturated carbocycles. The summed E-state index contributed by atoms with van der Waals surface area (Å²) in [6.45, 7) is 10.6. The molecule has 2 N–H and O–H groups in total. The van der Waals surface area contributed by atoms with Crippen LogP contribution in [0.2, 0.25) is 0 Å². The van der Waals surface area contributed by atoms with Gasteiger partial charge in [0.25, 0.3) is 0 Å². The molecule has 128 valence electrons. The van der Waals surface area contributed by atoms with E-state index in [2.05, 4.69) is 31.7 Å². The van der Waals surface area contributed by atoms with Gasteiger partial charge in [-0.3, -0.25) is 4.90 Å². The summed E-state index contributed by atoms with van der Waals surface area (Å²) in [4.78, 5) is 15.9. The van der Waals surface area contributed by atoms with Crippen molar-refractivity contribution in [1.82, 2.24) is 19.8 Å². The van der Waals surface area contributed by atoms with Crippen LogP contribution in [-0.4, -0.2) is 78.2 Å². The molecule has 1 unspecified atom stereocenters. The summed E-state index contributed by atoms with van der Waals surface area (Å²) in [5.74, 6) is 1.72. The van der Waals surface area contributed by atoms with Crippen molar-refractivity contribution in [3.8, 4) is 5.88 Å². The Labute approximate surface area is 138 Å². The maximum Gasteiger partial charge on any atom is 0.225 e. The van der Waals surface area contributed by atoms with Gasteiger partial charge in [-0.15, -0.1) is 0 Å². The van der Waals surface area contributed by atoms with Crippen LogP contribution in [-0.2, 0) is 0 Å². The number of nitrogens with zero attached hydrogens (tertiary/aromatic N) is 5. The molecule has 0 bridgehead atoms. The largest absolute Gasteiger partial charge is 0.475 e. The molecule has 0 radical (unpaired) electrons. The third-order valence-corrected chi connectivity index (χ3v) is 4.60. The standard InChI is InChI=1S/C16H28N6O/c1-12(2)23-15-10-14(18-16(17)19-15)22-5-4-13(11-22)21-8-6-20(3)7-9-21/h10,12-13H,4-9,11H2,1-3H3,(H2,17,18,19). The van der Waals surface area contributed by atoms with Crippen LogP contribution < -0.4 is 15.4 Å². The Morgan fingerprint density at radius 2 is 1.91 bits per heavy atom. The monoisotopic (exact) mass is 320 g/mol. The van der Waals surface area contributed by atoms with E-state index in [1.165, 1.54) is 6.42 Å². The number of hydrogen-bond donors (Lipinski definition) is 1. The lowest BCUT2D eigenvalue weighted by Gasteiger charge is -2.36. The van der Waals surface area contributed by atoms with E-state index in [-0.39, 0.29) is 12.1 Å². The predicted molar refractivity (Wildman–Crippen MR) is 91.9 cm³/mol. The molecule has 3 heterocycles. The van der Waals surface area contributed by atoms with Crippen LogP contribution >= 0.6 is 0 Å². The molecule has 3 rings (SSSR count). The fourth-order valence-electron chi connectivity index (χ4n) is 3.33. The fourth-order valence-corrected chi connectivity index (χ4v) is 3.33. The van der Waals surface area contributed by atoms with Gasteiger partial charge in [0, 0.05) is 51.4 Å². The first-order chi connectivity index (χ1) is 11.0. The molecule has 2 fully saturated rings. The molecule has 0 aliphatic carbocycles. The van der Waals surface area contributed by atoms with Crippen molar-refractivity contribution in [3.05, 3.63) is 6.07 Å². The Bertz CT molecular complexity index is 529. The Morgan fingerprint density at radius 3 is 2.61 bits per heavy atom. The molecule has 2 saturated heterocycles. The first-order valence-corrected chi connectivity index (χ1v) is 8.50. The molecule has 7 heteroatoms. The van der Waals surface area contributed by atoms with Crippen molar-refractivity contribution < 1.29 is 4.74 Å². The number of aromatic nitrogens is 2. The van der Waals surface area contributed by atoms with Crippen LogP contribution in [0.1, 0.15) is 20.3 Å². The summed E-state index contributed by atoms with van der Waals surface area (Å²) in [5, 5.41) is 0. The molecule has 0 aromatic carbocycles. The van der Waals surface area contributed by atoms with Gasteiger partial charge in [-0.1, -0.05) is 0 Å². The van der Waals surface area contributed by atoms with Crippen LogP contribution in [0, 0.1) is 0 Å². The highest BCUT2D eigenvalue weighted by Crippen LogP contribution is 2.25. The van der Waals surface area contributed by atoms with Gasteiger partial charge < -0.3 is 20.3 Å². The third kappa shape index (κ3) is 4.03. The van der Waals surface area contributed by atoms with Gasteiger partial charge in [0.2, 0.25) is 11.8 Å². The van der Waals surface area contributed by atoms with Crippen LogP contribution in [0.15, 0.2) is 6.07 Å². The first kappa shape index (κ1) is 16.3. The van der Waals surface area contributed by atoms with E-state index in [0.29, 0.717) is 11.9 Å². The van der Waals surface area contributed by atoms with Crippen LogP contribution in [0.4, 0.5) is 11.8 Å². The molecular formula is C16H28N6O. The Balaban J connectivity index is 1.65. The van der Waals surface area contributed by atoms with Crippen molar-refractivity contribution in [2.45, 2.75) is 32.4 Å². The van der Waals surface area contributed by atoms with Gasteiger partial charge >= 0.3 is 0 Å². The number of rotatable bonds is 4. The molecular weight excluding hydrogens is 292 g/mol. The van der Waals surface area contributed by atoms with Crippen LogP contribution in [0.25, 0.3) is 0 Å². The SMILES string of the molecule is CC(C)Oc1cc(N2CCC(N3CCN(C)CC3)C2)nc(N)n1. The summed E-state index contributed by atoms with van der Waals surface area (Å²) in [7, 11) is 2.19. The number of nitrogen functional groups attached to an aromatic ring is 1. The van der Waals surface area contributed by atoms with Gasteiger partial charge in [0.15, 0.2) is 0 Å². The molecule has 7 nitrogen and oxygen atoms in total. The van der Waals surface area contributed by atoms with Crippen molar-refractivity contribution in [2.24, 2.45) is 0 Å². The van der Waals surface area contributed by atoms with Crippen LogP contribution in [0.5, 0.6) is 5.88 Å². The van der Waals surface area contributed by atoms with Gasteiger partial charge in [0.05, 0.1) is 6.10 Å². The quantitative estimate of drug-likeness (QED) is 0.874. The predicted octanol–water partition coefficient (Wildman–Crippen LogP) is 0.672. The lowest BCUT2D eigenvalue weighted by Crippen LogP contribution is -2.49. The van der Waals surface area contributed by atoms with E-state index in [1.54, 1.807) is 0 Å². The number of likely N-dealkylation sites (N-methyl/N-ethyl adjacent to an activating group) is 1. The summed E-state index contributed by atoms with van der Waals surface area (Å²) in [6.07, 6.45) is 1.25. The number of piperazine rings is 1. The highest BCUT2D eigenvalue weighted by atomic mass is 16.5. The number of anilines is 2. The molecule has 23 heavy (non-hydrogen) atoms. The molecule has 1 atom stereocenters. The number of hydrogen-bond acceptors (Lipinski definition) is 7. The van der Waals surface area contributed by atoms with E-state index < -0.39 is 0 Å². The minimum absolute atomic E-state index is 0.0776. The smallest absolute Gasteiger partial charge is 0.225 e. The van der Waals surface area contributed by atoms with Gasteiger partial charge in [-0.25, -0.2) is 0 Å². The number of nitrogens with two attached hydrogens (primary N) is 1. The van der Waals surface area contributed by atoms with Crippen molar-refractivity contribution in [2.75, 3.05) is 56.9 Å². The minimum Gasteiger partial charge on any atom is -0.475 e. The lowest BCUT2D eigenvalue weighted by molar-refractivity contribution is 0.120. The molecule has 0 spiro atoms. The summed E-state index contributed by atoms with van der Waals surface area (Å²) < 4.78 is 5.68. The Morgan fingerprint density at radius 1 is 1.17 bits per heavy atom. The Kier molecular flexibility index (Phi) is 4.87. The summed E-state index contributed by atoms with van der Waals surface area (Å²) in [5.41, 5.74) is 5.85. The second kappa shape index (κ2) is 6.88. The molecule has 2 aliphatic heterocycles. The van der Waals surface area contributed by atoms with Crippen molar-refractivity contribution in [3.63, 3.8) is 0 Å². The highest BCUT2D eigenvalue weighted by Gasteiger charge is 2.30. The zero-order chi connectivity index (χ0) is 16.4. The van der Waals surface area contributed by atoms with E-state index in [4.69, 9.17) is 10.5 Å². The van der Waals surface area contributed by atoms with Crippen molar-refractivity contribution >= 4 is 11.8 Å². The molecule has 1 aromatic heterocycles. The average molecular weight is 320 g/mol. The minimum atomic E-state index is 0.0776. The van der Waals surface area contributed by atoms with Crippen molar-refractivity contribution in [1.29, 1.82) is 0 Å². The zero-order valence-corrected chi connectivity index (χ0v) is 14.4. The lowest BCUT2D eigenvalue weighted by atomic mass is 10.2. The maximum absolute atomic E-state index is 5.85.